The van der Waals surface area contributed by atoms with Crippen molar-refractivity contribution in [2.24, 2.45) is 0 Å². The summed E-state index contributed by atoms with van der Waals surface area (Å²) in [5.41, 5.74) is 2.14. The van der Waals surface area contributed by atoms with Crippen LogP contribution in [-0.2, 0) is 6.54 Å². The van der Waals surface area contributed by atoms with Crippen LogP contribution >= 0.6 is 11.3 Å². The van der Waals surface area contributed by atoms with E-state index in [1.165, 1.54) is 4.88 Å². The quantitative estimate of drug-likeness (QED) is 0.842. The number of hydrogen-bond donors (Lipinski definition) is 1. The third kappa shape index (κ3) is 3.11. The Morgan fingerprint density at radius 1 is 1.22 bits per heavy atom. The number of hydrogen-bond acceptors (Lipinski definition) is 5. The van der Waals surface area contributed by atoms with Gasteiger partial charge in [-0.1, -0.05) is 6.92 Å². The molecular formula is C13H18N4S. The normalized spacial score (nSPS) is 10.8. The van der Waals surface area contributed by atoms with E-state index in [4.69, 9.17) is 0 Å². The summed E-state index contributed by atoms with van der Waals surface area (Å²) in [5.74, 6) is 0.718. The topological polar surface area (TPSA) is 50.7 Å². The summed E-state index contributed by atoms with van der Waals surface area (Å²) >= 11 is 1.67. The molecule has 0 amide bonds. The molecule has 2 heterocycles. The summed E-state index contributed by atoms with van der Waals surface area (Å²) in [5, 5.41) is 4.30. The molecule has 0 fully saturated rings. The van der Waals surface area contributed by atoms with Gasteiger partial charge in [-0.05, 0) is 32.4 Å². The lowest BCUT2D eigenvalue weighted by Gasteiger charge is -1.99. The van der Waals surface area contributed by atoms with Crippen LogP contribution in [0.15, 0.2) is 12.4 Å². The molecule has 0 aliphatic heterocycles. The van der Waals surface area contributed by atoms with Crippen molar-refractivity contribution >= 4 is 11.3 Å². The highest BCUT2D eigenvalue weighted by Gasteiger charge is 2.10. The van der Waals surface area contributed by atoms with Crippen molar-refractivity contribution in [2.75, 3.05) is 6.54 Å². The van der Waals surface area contributed by atoms with Gasteiger partial charge in [0, 0.05) is 23.8 Å². The molecule has 0 unspecified atom stereocenters. The number of aryl methyl sites for hydroxylation is 2. The minimum absolute atomic E-state index is 0.718. The predicted octanol–water partition coefficient (Wildman–Crippen LogP) is 2.72. The molecule has 0 bridgehead atoms. The summed E-state index contributed by atoms with van der Waals surface area (Å²) in [6, 6.07) is 0. The largest absolute Gasteiger partial charge is 0.312 e. The SMILES string of the molecule is CCCNCc1sc(-c2ncc(C)cn2)nc1C. The Morgan fingerprint density at radius 3 is 2.61 bits per heavy atom. The van der Waals surface area contributed by atoms with Gasteiger partial charge in [-0.25, -0.2) is 15.0 Å². The Hall–Kier alpha value is -1.33. The second-order valence-corrected chi connectivity index (χ2v) is 5.37. The Kier molecular flexibility index (Phi) is 4.38. The van der Waals surface area contributed by atoms with Gasteiger partial charge in [0.15, 0.2) is 10.8 Å². The van der Waals surface area contributed by atoms with E-state index >= 15 is 0 Å². The minimum Gasteiger partial charge on any atom is -0.312 e. The Bertz CT molecular complexity index is 504. The fourth-order valence-corrected chi connectivity index (χ4v) is 2.55. The van der Waals surface area contributed by atoms with Gasteiger partial charge in [-0.3, -0.25) is 0 Å². The van der Waals surface area contributed by atoms with E-state index in [0.717, 1.165) is 41.6 Å². The minimum atomic E-state index is 0.718. The Labute approximate surface area is 112 Å². The number of nitrogens with one attached hydrogen (secondary N) is 1. The Morgan fingerprint density at radius 2 is 1.94 bits per heavy atom. The van der Waals surface area contributed by atoms with Gasteiger partial charge in [0.2, 0.25) is 0 Å². The number of aromatic nitrogens is 3. The second kappa shape index (κ2) is 6.02. The van der Waals surface area contributed by atoms with Crippen molar-refractivity contribution < 1.29 is 0 Å². The zero-order valence-corrected chi connectivity index (χ0v) is 11.8. The highest BCUT2D eigenvalue weighted by molar-refractivity contribution is 7.15. The van der Waals surface area contributed by atoms with Crippen LogP contribution in [0.3, 0.4) is 0 Å². The standard InChI is InChI=1S/C13H18N4S/c1-4-5-14-8-11-10(3)17-13(18-11)12-15-6-9(2)7-16-12/h6-7,14H,4-5,8H2,1-3H3. The van der Waals surface area contributed by atoms with Crippen molar-refractivity contribution in [2.45, 2.75) is 33.7 Å². The smallest absolute Gasteiger partial charge is 0.188 e. The van der Waals surface area contributed by atoms with Gasteiger partial charge in [0.05, 0.1) is 5.69 Å². The maximum absolute atomic E-state index is 4.54. The molecule has 0 aromatic carbocycles. The first-order valence-corrected chi connectivity index (χ1v) is 6.98. The third-order valence-electron chi connectivity index (χ3n) is 2.58. The molecule has 4 nitrogen and oxygen atoms in total. The molecule has 0 saturated carbocycles. The average Bonchev–Trinajstić information content (AvgIpc) is 2.72. The summed E-state index contributed by atoms with van der Waals surface area (Å²) in [7, 11) is 0. The van der Waals surface area contributed by atoms with Gasteiger partial charge < -0.3 is 5.32 Å². The number of thiazole rings is 1. The van der Waals surface area contributed by atoms with Crippen molar-refractivity contribution in [3.05, 3.63) is 28.5 Å². The van der Waals surface area contributed by atoms with Crippen LogP contribution in [0, 0.1) is 13.8 Å². The van der Waals surface area contributed by atoms with Crippen LogP contribution in [0.4, 0.5) is 0 Å². The highest BCUT2D eigenvalue weighted by Crippen LogP contribution is 2.25. The molecule has 0 spiro atoms. The van der Waals surface area contributed by atoms with Crippen LogP contribution in [0.2, 0.25) is 0 Å². The molecule has 18 heavy (non-hydrogen) atoms. The van der Waals surface area contributed by atoms with E-state index in [0.29, 0.717) is 0 Å². The maximum Gasteiger partial charge on any atom is 0.188 e. The van der Waals surface area contributed by atoms with Crippen LogP contribution in [0.5, 0.6) is 0 Å². The van der Waals surface area contributed by atoms with Gasteiger partial charge >= 0.3 is 0 Å². The van der Waals surface area contributed by atoms with E-state index in [1.54, 1.807) is 11.3 Å². The van der Waals surface area contributed by atoms with Crippen LogP contribution in [0.25, 0.3) is 10.8 Å². The molecule has 0 aliphatic rings. The number of rotatable bonds is 5. The first kappa shape index (κ1) is 13.1. The molecule has 0 saturated heterocycles. The van der Waals surface area contributed by atoms with E-state index < -0.39 is 0 Å². The van der Waals surface area contributed by atoms with Crippen LogP contribution in [0.1, 0.15) is 29.5 Å². The van der Waals surface area contributed by atoms with Gasteiger partial charge in [-0.2, -0.15) is 0 Å². The van der Waals surface area contributed by atoms with Gasteiger partial charge in [-0.15, -0.1) is 11.3 Å². The lowest BCUT2D eigenvalue weighted by atomic mass is 10.4. The molecule has 5 heteroatoms. The molecule has 1 N–H and O–H groups in total. The zero-order valence-electron chi connectivity index (χ0n) is 11.0. The van der Waals surface area contributed by atoms with E-state index in [-0.39, 0.29) is 0 Å². The molecule has 2 rings (SSSR count). The second-order valence-electron chi connectivity index (χ2n) is 4.29. The lowest BCUT2D eigenvalue weighted by Crippen LogP contribution is -2.13. The summed E-state index contributed by atoms with van der Waals surface area (Å²) < 4.78 is 0. The van der Waals surface area contributed by atoms with Crippen molar-refractivity contribution in [1.29, 1.82) is 0 Å². The van der Waals surface area contributed by atoms with Gasteiger partial charge in [0.25, 0.3) is 0 Å². The fraction of sp³-hybridized carbons (Fsp3) is 0.462. The molecule has 2 aromatic rings. The van der Waals surface area contributed by atoms with E-state index in [9.17, 15) is 0 Å². The molecule has 2 aromatic heterocycles. The first-order chi connectivity index (χ1) is 8.70. The molecule has 0 aliphatic carbocycles. The fourth-order valence-electron chi connectivity index (χ4n) is 1.57. The van der Waals surface area contributed by atoms with Crippen LogP contribution in [-0.4, -0.2) is 21.5 Å². The molecule has 0 radical (unpaired) electrons. The molecular weight excluding hydrogens is 244 g/mol. The van der Waals surface area contributed by atoms with Crippen LogP contribution < -0.4 is 5.32 Å². The maximum atomic E-state index is 4.54. The predicted molar refractivity (Wildman–Crippen MR) is 74.6 cm³/mol. The Balaban J connectivity index is 2.15. The highest BCUT2D eigenvalue weighted by atomic mass is 32.1. The van der Waals surface area contributed by atoms with Gasteiger partial charge in [0.1, 0.15) is 0 Å². The lowest BCUT2D eigenvalue weighted by molar-refractivity contribution is 0.678. The van der Waals surface area contributed by atoms with E-state index in [2.05, 4.69) is 27.2 Å². The summed E-state index contributed by atoms with van der Waals surface area (Å²) in [4.78, 5) is 14.4. The summed E-state index contributed by atoms with van der Waals surface area (Å²) in [6.07, 6.45) is 4.80. The van der Waals surface area contributed by atoms with E-state index in [1.807, 2.05) is 26.2 Å². The van der Waals surface area contributed by atoms with Crippen molar-refractivity contribution in [3.63, 3.8) is 0 Å². The monoisotopic (exact) mass is 262 g/mol. The first-order valence-electron chi connectivity index (χ1n) is 6.16. The number of nitrogens with zero attached hydrogens (tertiary/aromatic N) is 3. The van der Waals surface area contributed by atoms with Crippen molar-refractivity contribution in [1.82, 2.24) is 20.3 Å². The zero-order chi connectivity index (χ0) is 13.0. The molecule has 0 atom stereocenters. The average molecular weight is 262 g/mol. The third-order valence-corrected chi connectivity index (χ3v) is 3.73. The summed E-state index contributed by atoms with van der Waals surface area (Å²) in [6.45, 7) is 8.10. The van der Waals surface area contributed by atoms with Crippen molar-refractivity contribution in [3.8, 4) is 10.8 Å². The molecule has 96 valence electrons.